The minimum absolute atomic E-state index is 0.00920. The number of nitrogens with zero attached hydrogens (tertiary/aromatic N) is 1. The van der Waals surface area contributed by atoms with Crippen LogP contribution in [0.15, 0.2) is 89.8 Å². The molecule has 3 aromatic rings. The molecule has 154 valence electrons. The minimum Gasteiger partial charge on any atom is -0.290 e. The van der Waals surface area contributed by atoms with E-state index in [1.807, 2.05) is 30.5 Å². The maximum Gasteiger partial charge on any atom is 0.240 e. The molecule has 3 heterocycles. The van der Waals surface area contributed by atoms with Crippen LogP contribution in [0.3, 0.4) is 0 Å². The van der Waals surface area contributed by atoms with E-state index in [1.54, 1.807) is 11.8 Å². The molecule has 0 saturated carbocycles. The van der Waals surface area contributed by atoms with Gasteiger partial charge in [-0.2, -0.15) is 0 Å². The Bertz CT molecular complexity index is 1130. The number of hydrogen-bond acceptors (Lipinski definition) is 3. The highest BCUT2D eigenvalue weighted by molar-refractivity contribution is 7.98. The lowest BCUT2D eigenvalue weighted by Crippen LogP contribution is -2.92. The quantitative estimate of drug-likeness (QED) is 0.409. The van der Waals surface area contributed by atoms with Crippen LogP contribution >= 0.6 is 11.8 Å². The van der Waals surface area contributed by atoms with Gasteiger partial charge in [0.25, 0.3) is 0 Å². The van der Waals surface area contributed by atoms with Crippen LogP contribution in [0.1, 0.15) is 22.7 Å². The van der Waals surface area contributed by atoms with Crippen LogP contribution in [-0.4, -0.2) is 38.5 Å². The lowest BCUT2D eigenvalue weighted by molar-refractivity contribution is -1.11. The van der Waals surface area contributed by atoms with E-state index >= 15 is 0 Å². The molecule has 30 heavy (non-hydrogen) atoms. The zero-order valence-corrected chi connectivity index (χ0v) is 18.9. The largest absolute Gasteiger partial charge is 0.290 e. The third-order valence-electron chi connectivity index (χ3n) is 7.08. The highest BCUT2D eigenvalue weighted by Crippen LogP contribution is 2.70. The van der Waals surface area contributed by atoms with Crippen LogP contribution in [0.25, 0.3) is 0 Å². The molecule has 3 nitrogen and oxygen atoms in total. The van der Waals surface area contributed by atoms with Gasteiger partial charge in [-0.05, 0) is 18.4 Å². The van der Waals surface area contributed by atoms with Gasteiger partial charge < -0.3 is 0 Å². The summed E-state index contributed by atoms with van der Waals surface area (Å²) in [6, 6.07) is 29.0. The fraction of sp³-hybridized carbons (Fsp3) is 0.280. The Morgan fingerprint density at radius 2 is 1.47 bits per heavy atom. The summed E-state index contributed by atoms with van der Waals surface area (Å²) in [6.45, 7) is 1.79. The van der Waals surface area contributed by atoms with E-state index in [0.29, 0.717) is 4.48 Å². The van der Waals surface area contributed by atoms with Crippen molar-refractivity contribution < 1.29 is 12.9 Å². The summed E-state index contributed by atoms with van der Waals surface area (Å²) in [6.07, 6.45) is 3.47. The SMILES string of the molecule is CSc1cccc(C2(S(C)(=O)=O)C3C[N+]2(C(c2ccccc2)c2ccccc2)C3)c1. The Balaban J connectivity index is 1.75. The molecule has 3 fully saturated rings. The maximum atomic E-state index is 13.5. The fourth-order valence-corrected chi connectivity index (χ4v) is 8.70. The summed E-state index contributed by atoms with van der Waals surface area (Å²) in [7, 11) is -3.36. The zero-order valence-electron chi connectivity index (χ0n) is 17.2. The first-order chi connectivity index (χ1) is 14.4. The molecule has 0 aromatic heterocycles. The van der Waals surface area contributed by atoms with Gasteiger partial charge in [-0.1, -0.05) is 72.8 Å². The van der Waals surface area contributed by atoms with Crippen LogP contribution in [0.4, 0.5) is 0 Å². The van der Waals surface area contributed by atoms with E-state index in [2.05, 4.69) is 60.7 Å². The van der Waals surface area contributed by atoms with Crippen molar-refractivity contribution in [1.82, 2.24) is 0 Å². The third kappa shape index (κ3) is 2.52. The standard InChI is InChI=1S/C25H26NO2S2/c1-29-23-15-9-14-21(16-23)25(30(2,27)28)22-17-26(25,18-22)24(19-10-5-3-6-11-19)20-12-7-4-8-13-20/h3-16,22,24H,17-18H2,1-2H3/q+1. The maximum absolute atomic E-state index is 13.5. The molecule has 3 aromatic carbocycles. The van der Waals surface area contributed by atoms with E-state index in [4.69, 9.17) is 0 Å². The molecule has 3 aliphatic heterocycles. The topological polar surface area (TPSA) is 34.1 Å². The highest BCUT2D eigenvalue weighted by atomic mass is 32.2. The van der Waals surface area contributed by atoms with Crippen molar-refractivity contribution >= 4 is 21.6 Å². The van der Waals surface area contributed by atoms with Crippen molar-refractivity contribution in [3.8, 4) is 0 Å². The number of thioether (sulfide) groups is 1. The van der Waals surface area contributed by atoms with Gasteiger partial charge in [-0.25, -0.2) is 8.42 Å². The van der Waals surface area contributed by atoms with Crippen molar-refractivity contribution in [2.75, 3.05) is 25.6 Å². The van der Waals surface area contributed by atoms with E-state index in [0.717, 1.165) is 23.5 Å². The molecular formula is C25H26NO2S2+. The molecule has 2 bridgehead atoms. The van der Waals surface area contributed by atoms with Crippen molar-refractivity contribution in [3.05, 3.63) is 102 Å². The van der Waals surface area contributed by atoms with E-state index in [1.165, 1.54) is 17.4 Å². The Labute approximate surface area is 183 Å². The normalized spacial score (nSPS) is 27.4. The lowest BCUT2D eigenvalue weighted by atomic mass is 9.64. The number of rotatable bonds is 6. The third-order valence-corrected chi connectivity index (χ3v) is 9.87. The van der Waals surface area contributed by atoms with Gasteiger partial charge >= 0.3 is 0 Å². The van der Waals surface area contributed by atoms with Gasteiger partial charge in [0.05, 0.1) is 13.1 Å². The van der Waals surface area contributed by atoms with Crippen LogP contribution in [0.5, 0.6) is 0 Å². The van der Waals surface area contributed by atoms with Crippen molar-refractivity contribution in [2.45, 2.75) is 15.8 Å². The van der Waals surface area contributed by atoms with Gasteiger partial charge in [0, 0.05) is 27.8 Å². The van der Waals surface area contributed by atoms with Crippen LogP contribution in [0, 0.1) is 5.92 Å². The molecule has 5 heteroatoms. The number of sulfone groups is 1. The van der Waals surface area contributed by atoms with Crippen molar-refractivity contribution in [2.24, 2.45) is 5.92 Å². The molecule has 1 atom stereocenters. The summed E-state index contributed by atoms with van der Waals surface area (Å²) in [4.78, 5) is 0.229. The summed E-state index contributed by atoms with van der Waals surface area (Å²) >= 11 is 1.66. The fourth-order valence-electron chi connectivity index (χ4n) is 6.01. The smallest absolute Gasteiger partial charge is 0.240 e. The lowest BCUT2D eigenvalue weighted by Gasteiger charge is -2.76. The molecule has 0 spiro atoms. The summed E-state index contributed by atoms with van der Waals surface area (Å²) in [5.41, 5.74) is 3.29. The van der Waals surface area contributed by atoms with Gasteiger partial charge in [-0.15, -0.1) is 11.8 Å². The van der Waals surface area contributed by atoms with E-state index in [-0.39, 0.29) is 12.0 Å². The molecule has 1 unspecified atom stereocenters. The van der Waals surface area contributed by atoms with Crippen molar-refractivity contribution in [1.29, 1.82) is 0 Å². The average Bonchev–Trinajstić information content (AvgIpc) is 2.70. The highest BCUT2D eigenvalue weighted by Gasteiger charge is 2.86. The van der Waals surface area contributed by atoms with Crippen LogP contribution in [-0.2, 0) is 14.7 Å². The second-order valence-corrected chi connectivity index (χ2v) is 11.6. The second kappa shape index (κ2) is 6.98. The second-order valence-electron chi connectivity index (χ2n) is 8.52. The van der Waals surface area contributed by atoms with Gasteiger partial charge in [0.1, 0.15) is 12.0 Å². The predicted octanol–water partition coefficient (Wildman–Crippen LogP) is 4.86. The van der Waals surface area contributed by atoms with Gasteiger partial charge in [-0.3, -0.25) is 4.48 Å². The Morgan fingerprint density at radius 1 is 0.900 bits per heavy atom. The number of hydrogen-bond donors (Lipinski definition) is 0. The molecule has 0 aliphatic carbocycles. The molecule has 3 saturated heterocycles. The first-order valence-corrected chi connectivity index (χ1v) is 13.4. The Kier molecular flexibility index (Phi) is 4.62. The van der Waals surface area contributed by atoms with Crippen LogP contribution in [0.2, 0.25) is 0 Å². The predicted molar refractivity (Wildman–Crippen MR) is 123 cm³/mol. The summed E-state index contributed by atoms with van der Waals surface area (Å²) in [5, 5.41) is 0. The molecular weight excluding hydrogens is 410 g/mol. The van der Waals surface area contributed by atoms with E-state index < -0.39 is 14.7 Å². The molecule has 3 aliphatic rings. The molecule has 0 amide bonds. The van der Waals surface area contributed by atoms with E-state index in [9.17, 15) is 8.42 Å². The van der Waals surface area contributed by atoms with Crippen LogP contribution < -0.4 is 0 Å². The number of quaternary nitrogens is 1. The van der Waals surface area contributed by atoms with Gasteiger partial charge in [0.15, 0.2) is 0 Å². The Morgan fingerprint density at radius 3 is 1.90 bits per heavy atom. The zero-order chi connectivity index (χ0) is 21.0. The van der Waals surface area contributed by atoms with Crippen molar-refractivity contribution in [3.63, 3.8) is 0 Å². The monoisotopic (exact) mass is 436 g/mol. The van der Waals surface area contributed by atoms with Gasteiger partial charge in [0.2, 0.25) is 14.7 Å². The summed E-state index contributed by atoms with van der Waals surface area (Å²) < 4.78 is 27.6. The first-order valence-electron chi connectivity index (χ1n) is 10.2. The average molecular weight is 437 g/mol. The first kappa shape index (κ1) is 19.9. The molecule has 6 rings (SSSR count). The molecule has 0 N–H and O–H groups in total. The molecule has 0 radical (unpaired) electrons. The summed E-state index contributed by atoms with van der Waals surface area (Å²) in [5.74, 6) is 0.166. The number of benzene rings is 3. The Hall–Kier alpha value is -2.08. The minimum atomic E-state index is -3.36.